The number of urea groups is 1. The van der Waals surface area contributed by atoms with Gasteiger partial charge in [0.25, 0.3) is 0 Å². The number of nitrogens with zero attached hydrogens (tertiary/aromatic N) is 1. The monoisotopic (exact) mass is 355 g/mol. The van der Waals surface area contributed by atoms with E-state index in [-0.39, 0.29) is 18.5 Å². The molecule has 0 bridgehead atoms. The third-order valence-electron chi connectivity index (χ3n) is 4.16. The first-order chi connectivity index (χ1) is 12.5. The first-order valence-corrected chi connectivity index (χ1v) is 8.57. The predicted octanol–water partition coefficient (Wildman–Crippen LogP) is 3.43. The standard InChI is InChI=1S/C20H25N3O3/c1-4-23(15(2)16-9-8-12-18(13-16)26-3)14-19(24)22-20(25)21-17-10-6-5-7-11-17/h5-13,15H,4,14H2,1-3H3,(H2,21,22,24,25). The molecule has 0 fully saturated rings. The second-order valence-electron chi connectivity index (χ2n) is 5.88. The number of hydrogen-bond donors (Lipinski definition) is 2. The van der Waals surface area contributed by atoms with Crippen LogP contribution in [0.25, 0.3) is 0 Å². The molecule has 0 aliphatic heterocycles. The topological polar surface area (TPSA) is 70.7 Å². The first kappa shape index (κ1) is 19.5. The number of benzene rings is 2. The van der Waals surface area contributed by atoms with E-state index in [0.29, 0.717) is 12.2 Å². The molecule has 2 rings (SSSR count). The minimum Gasteiger partial charge on any atom is -0.497 e. The van der Waals surface area contributed by atoms with Crippen LogP contribution in [0.3, 0.4) is 0 Å². The molecule has 0 saturated carbocycles. The lowest BCUT2D eigenvalue weighted by Crippen LogP contribution is -2.42. The van der Waals surface area contributed by atoms with Crippen molar-refractivity contribution in [3.05, 3.63) is 60.2 Å². The van der Waals surface area contributed by atoms with E-state index in [1.165, 1.54) is 0 Å². The minimum atomic E-state index is -0.536. The maximum absolute atomic E-state index is 12.2. The Labute approximate surface area is 154 Å². The number of imide groups is 1. The van der Waals surface area contributed by atoms with Gasteiger partial charge in [-0.25, -0.2) is 4.79 Å². The van der Waals surface area contributed by atoms with Crippen molar-refractivity contribution in [1.29, 1.82) is 0 Å². The molecule has 2 N–H and O–H groups in total. The number of anilines is 1. The number of amides is 3. The van der Waals surface area contributed by atoms with Crippen molar-refractivity contribution in [2.24, 2.45) is 0 Å². The van der Waals surface area contributed by atoms with Crippen LogP contribution in [-0.4, -0.2) is 37.0 Å². The van der Waals surface area contributed by atoms with Crippen LogP contribution in [0.15, 0.2) is 54.6 Å². The van der Waals surface area contributed by atoms with Gasteiger partial charge in [0, 0.05) is 11.7 Å². The molecule has 0 aliphatic carbocycles. The molecule has 0 heterocycles. The van der Waals surface area contributed by atoms with Gasteiger partial charge >= 0.3 is 6.03 Å². The Kier molecular flexibility index (Phi) is 7.17. The Hall–Kier alpha value is -2.86. The maximum atomic E-state index is 12.2. The lowest BCUT2D eigenvalue weighted by atomic mass is 10.1. The van der Waals surface area contributed by atoms with E-state index in [1.807, 2.05) is 61.2 Å². The molecule has 1 atom stereocenters. The van der Waals surface area contributed by atoms with Crippen LogP contribution in [0, 0.1) is 0 Å². The number of nitrogens with one attached hydrogen (secondary N) is 2. The summed E-state index contributed by atoms with van der Waals surface area (Å²) in [6.45, 7) is 4.80. The molecular weight excluding hydrogens is 330 g/mol. The van der Waals surface area contributed by atoms with E-state index in [4.69, 9.17) is 4.74 Å². The number of carbonyl (C=O) groups excluding carboxylic acids is 2. The lowest BCUT2D eigenvalue weighted by molar-refractivity contribution is -0.121. The van der Waals surface area contributed by atoms with Gasteiger partial charge in [0.15, 0.2) is 0 Å². The predicted molar refractivity (Wildman–Crippen MR) is 102 cm³/mol. The Balaban J connectivity index is 1.93. The summed E-state index contributed by atoms with van der Waals surface area (Å²) in [5.41, 5.74) is 1.68. The van der Waals surface area contributed by atoms with Crippen LogP contribution in [0.4, 0.5) is 10.5 Å². The van der Waals surface area contributed by atoms with Crippen LogP contribution in [0.1, 0.15) is 25.5 Å². The first-order valence-electron chi connectivity index (χ1n) is 8.57. The van der Waals surface area contributed by atoms with Gasteiger partial charge in [0.2, 0.25) is 5.91 Å². The van der Waals surface area contributed by atoms with Gasteiger partial charge in [-0.15, -0.1) is 0 Å². The molecule has 138 valence electrons. The van der Waals surface area contributed by atoms with Gasteiger partial charge in [-0.2, -0.15) is 0 Å². The van der Waals surface area contributed by atoms with Crippen molar-refractivity contribution < 1.29 is 14.3 Å². The van der Waals surface area contributed by atoms with Crippen LogP contribution in [0.5, 0.6) is 5.75 Å². The molecule has 26 heavy (non-hydrogen) atoms. The second kappa shape index (κ2) is 9.58. The number of carbonyl (C=O) groups is 2. The van der Waals surface area contributed by atoms with Crippen LogP contribution < -0.4 is 15.4 Å². The maximum Gasteiger partial charge on any atom is 0.325 e. The summed E-state index contributed by atoms with van der Waals surface area (Å²) in [7, 11) is 1.63. The van der Waals surface area contributed by atoms with Gasteiger partial charge in [-0.1, -0.05) is 37.3 Å². The van der Waals surface area contributed by atoms with Crippen molar-refractivity contribution in [3.8, 4) is 5.75 Å². The van der Waals surface area contributed by atoms with E-state index in [9.17, 15) is 9.59 Å². The van der Waals surface area contributed by atoms with E-state index in [2.05, 4.69) is 10.6 Å². The Bertz CT molecular complexity index is 734. The van der Waals surface area contributed by atoms with Gasteiger partial charge in [-0.05, 0) is 43.3 Å². The SMILES string of the molecule is CCN(CC(=O)NC(=O)Nc1ccccc1)C(C)c1cccc(OC)c1. The van der Waals surface area contributed by atoms with Gasteiger partial charge in [0.1, 0.15) is 5.75 Å². The van der Waals surface area contributed by atoms with Gasteiger partial charge in [-0.3, -0.25) is 15.0 Å². The molecule has 3 amide bonds. The number of para-hydroxylation sites is 1. The molecule has 0 aliphatic rings. The smallest absolute Gasteiger partial charge is 0.325 e. The molecule has 0 saturated heterocycles. The van der Waals surface area contributed by atoms with Crippen molar-refractivity contribution >= 4 is 17.6 Å². The van der Waals surface area contributed by atoms with Crippen molar-refractivity contribution in [1.82, 2.24) is 10.2 Å². The molecular formula is C20H25N3O3. The summed E-state index contributed by atoms with van der Waals surface area (Å²) in [5.74, 6) is 0.423. The van der Waals surface area contributed by atoms with Crippen molar-refractivity contribution in [3.63, 3.8) is 0 Å². The quantitative estimate of drug-likeness (QED) is 0.798. The number of ether oxygens (including phenoxy) is 1. The van der Waals surface area contributed by atoms with Crippen molar-refractivity contribution in [2.45, 2.75) is 19.9 Å². The Morgan fingerprint density at radius 3 is 2.50 bits per heavy atom. The van der Waals surface area contributed by atoms with E-state index < -0.39 is 6.03 Å². The minimum absolute atomic E-state index is 0.0121. The van der Waals surface area contributed by atoms with E-state index >= 15 is 0 Å². The Morgan fingerprint density at radius 2 is 1.85 bits per heavy atom. The van der Waals surface area contributed by atoms with Crippen LogP contribution >= 0.6 is 0 Å². The highest BCUT2D eigenvalue weighted by Crippen LogP contribution is 2.23. The average Bonchev–Trinajstić information content (AvgIpc) is 2.66. The van der Waals surface area contributed by atoms with Crippen molar-refractivity contribution in [2.75, 3.05) is 25.5 Å². The molecule has 2 aromatic carbocycles. The average molecular weight is 355 g/mol. The highest BCUT2D eigenvalue weighted by Gasteiger charge is 2.19. The molecule has 1 unspecified atom stereocenters. The summed E-state index contributed by atoms with van der Waals surface area (Å²) in [4.78, 5) is 26.2. The number of likely N-dealkylation sites (N-methyl/N-ethyl adjacent to an activating group) is 1. The van der Waals surface area contributed by atoms with E-state index in [0.717, 1.165) is 11.3 Å². The zero-order valence-electron chi connectivity index (χ0n) is 15.4. The fourth-order valence-electron chi connectivity index (χ4n) is 2.67. The lowest BCUT2D eigenvalue weighted by Gasteiger charge is -2.27. The third-order valence-corrected chi connectivity index (χ3v) is 4.16. The normalized spacial score (nSPS) is 11.7. The third kappa shape index (κ3) is 5.60. The van der Waals surface area contributed by atoms with Gasteiger partial charge < -0.3 is 10.1 Å². The highest BCUT2D eigenvalue weighted by atomic mass is 16.5. The zero-order valence-corrected chi connectivity index (χ0v) is 15.4. The molecule has 6 heteroatoms. The number of methoxy groups -OCH3 is 1. The fraction of sp³-hybridized carbons (Fsp3) is 0.300. The Morgan fingerprint density at radius 1 is 1.12 bits per heavy atom. The number of hydrogen-bond acceptors (Lipinski definition) is 4. The summed E-state index contributed by atoms with van der Waals surface area (Å²) in [6.07, 6.45) is 0. The summed E-state index contributed by atoms with van der Waals surface area (Å²) >= 11 is 0. The summed E-state index contributed by atoms with van der Waals surface area (Å²) in [6, 6.07) is 16.2. The highest BCUT2D eigenvalue weighted by molar-refractivity contribution is 6.01. The molecule has 0 radical (unpaired) electrons. The van der Waals surface area contributed by atoms with Crippen LogP contribution in [-0.2, 0) is 4.79 Å². The molecule has 6 nitrogen and oxygen atoms in total. The molecule has 0 aromatic heterocycles. The van der Waals surface area contributed by atoms with Gasteiger partial charge in [0.05, 0.1) is 13.7 Å². The largest absolute Gasteiger partial charge is 0.497 e. The number of rotatable bonds is 7. The zero-order chi connectivity index (χ0) is 18.9. The fourth-order valence-corrected chi connectivity index (χ4v) is 2.67. The molecule has 2 aromatic rings. The summed E-state index contributed by atoms with van der Waals surface area (Å²) < 4.78 is 5.26. The van der Waals surface area contributed by atoms with E-state index in [1.54, 1.807) is 19.2 Å². The second-order valence-corrected chi connectivity index (χ2v) is 5.88. The molecule has 0 spiro atoms. The summed E-state index contributed by atoms with van der Waals surface area (Å²) in [5, 5.41) is 5.00. The van der Waals surface area contributed by atoms with Crippen LogP contribution in [0.2, 0.25) is 0 Å².